The van der Waals surface area contributed by atoms with Crippen molar-refractivity contribution in [3.8, 4) is 28.2 Å². The fraction of sp³-hybridized carbons (Fsp3) is 0. The van der Waals surface area contributed by atoms with Crippen molar-refractivity contribution in [2.75, 3.05) is 0 Å². The highest BCUT2D eigenvalue weighted by atomic mass is 15.0. The molecule has 3 aromatic heterocycles. The predicted octanol–water partition coefficient (Wildman–Crippen LogP) is 13.8. The molecule has 3 nitrogen and oxygen atoms in total. The Labute approximate surface area is 317 Å². The van der Waals surface area contributed by atoms with Gasteiger partial charge in [0.2, 0.25) is 0 Å². The van der Waals surface area contributed by atoms with Gasteiger partial charge in [-0.3, -0.25) is 0 Å². The molecule has 9 aromatic carbocycles. The van der Waals surface area contributed by atoms with E-state index < -0.39 is 0 Å². The van der Waals surface area contributed by atoms with Gasteiger partial charge >= 0.3 is 0 Å². The number of aromatic nitrogens is 3. The van der Waals surface area contributed by atoms with E-state index in [2.05, 4.69) is 214 Å². The zero-order valence-corrected chi connectivity index (χ0v) is 29.9. The molecular formula is C52H33N3. The molecule has 3 heterocycles. The van der Waals surface area contributed by atoms with Crippen LogP contribution >= 0.6 is 0 Å². The normalized spacial score (nSPS) is 12.0. The molecule has 0 unspecified atom stereocenters. The van der Waals surface area contributed by atoms with Crippen LogP contribution in [-0.4, -0.2) is 13.7 Å². The Balaban J connectivity index is 1.01. The third-order valence-electron chi connectivity index (χ3n) is 11.6. The van der Waals surface area contributed by atoms with Gasteiger partial charge in [-0.05, 0) is 107 Å². The van der Waals surface area contributed by atoms with Crippen LogP contribution < -0.4 is 0 Å². The largest absolute Gasteiger partial charge is 0.309 e. The van der Waals surface area contributed by atoms with Crippen molar-refractivity contribution in [2.24, 2.45) is 0 Å². The number of hydrogen-bond acceptors (Lipinski definition) is 0. The van der Waals surface area contributed by atoms with E-state index in [1.54, 1.807) is 0 Å². The minimum Gasteiger partial charge on any atom is -0.309 e. The SMILES string of the molecule is c1ccc(-n2c3ccccc3c3cc(-c4ccc5c(c4)c4ccccc4n5-c4ccc5ccc(-n6c7ccccc7c7ccccc76)cc5c4)ccc32)cc1. The van der Waals surface area contributed by atoms with Crippen LogP contribution in [0.2, 0.25) is 0 Å². The Morgan fingerprint density at radius 3 is 1.04 bits per heavy atom. The summed E-state index contributed by atoms with van der Waals surface area (Å²) in [6.07, 6.45) is 0. The number of fused-ring (bicyclic) bond motifs is 10. The Morgan fingerprint density at radius 1 is 0.218 bits per heavy atom. The molecule has 0 bridgehead atoms. The Bertz CT molecular complexity index is 3430. The highest BCUT2D eigenvalue weighted by Gasteiger charge is 2.17. The molecule has 0 atom stereocenters. The number of benzene rings is 9. The van der Waals surface area contributed by atoms with E-state index in [1.807, 2.05) is 0 Å². The molecule has 12 aromatic rings. The summed E-state index contributed by atoms with van der Waals surface area (Å²) in [5, 5.41) is 10.0. The summed E-state index contributed by atoms with van der Waals surface area (Å²) in [5.74, 6) is 0. The average molecular weight is 700 g/mol. The van der Waals surface area contributed by atoms with Crippen LogP contribution in [-0.2, 0) is 0 Å². The van der Waals surface area contributed by atoms with E-state index in [0.717, 1.165) is 11.4 Å². The zero-order chi connectivity index (χ0) is 36.0. The first-order valence-corrected chi connectivity index (χ1v) is 18.9. The fourth-order valence-electron chi connectivity index (χ4n) is 9.14. The van der Waals surface area contributed by atoms with Gasteiger partial charge in [0.15, 0.2) is 0 Å². The van der Waals surface area contributed by atoms with E-state index in [9.17, 15) is 0 Å². The summed E-state index contributed by atoms with van der Waals surface area (Å²) in [6.45, 7) is 0. The van der Waals surface area contributed by atoms with Gasteiger partial charge in [0.1, 0.15) is 0 Å². The maximum Gasteiger partial charge on any atom is 0.0541 e. The minimum atomic E-state index is 1.15. The first-order valence-electron chi connectivity index (χ1n) is 18.9. The zero-order valence-electron chi connectivity index (χ0n) is 29.9. The average Bonchev–Trinajstić information content (AvgIpc) is 3.89. The number of para-hydroxylation sites is 5. The van der Waals surface area contributed by atoms with E-state index in [-0.39, 0.29) is 0 Å². The van der Waals surface area contributed by atoms with Gasteiger partial charge in [0, 0.05) is 49.4 Å². The van der Waals surface area contributed by atoms with Crippen LogP contribution in [0.3, 0.4) is 0 Å². The molecule has 256 valence electrons. The molecule has 0 radical (unpaired) electrons. The van der Waals surface area contributed by atoms with Gasteiger partial charge in [0.05, 0.1) is 33.1 Å². The van der Waals surface area contributed by atoms with Crippen molar-refractivity contribution in [1.82, 2.24) is 13.7 Å². The summed E-state index contributed by atoms with van der Waals surface area (Å²) in [6, 6.07) is 73.3. The van der Waals surface area contributed by atoms with Crippen LogP contribution in [0.15, 0.2) is 200 Å². The molecule has 0 saturated heterocycles. The molecule has 3 heteroatoms. The number of hydrogen-bond donors (Lipinski definition) is 0. The minimum absolute atomic E-state index is 1.15. The molecule has 0 saturated carbocycles. The lowest BCUT2D eigenvalue weighted by molar-refractivity contribution is 1.18. The van der Waals surface area contributed by atoms with Gasteiger partial charge in [-0.25, -0.2) is 0 Å². The quantitative estimate of drug-likeness (QED) is 0.174. The molecule has 0 spiro atoms. The number of rotatable bonds is 4. The van der Waals surface area contributed by atoms with Gasteiger partial charge in [-0.2, -0.15) is 0 Å². The third kappa shape index (κ3) is 4.44. The van der Waals surface area contributed by atoms with Crippen LogP contribution in [0.5, 0.6) is 0 Å². The Hall–Kier alpha value is -7.36. The molecule has 0 aliphatic heterocycles. The van der Waals surface area contributed by atoms with Gasteiger partial charge in [-0.1, -0.05) is 115 Å². The fourth-order valence-corrected chi connectivity index (χ4v) is 9.14. The predicted molar refractivity (Wildman–Crippen MR) is 232 cm³/mol. The standard InChI is InChI=1S/C52H33N3/c1-2-12-38(13-3-1)53-49-20-10-6-16-43(49)45-32-35(24-28-51(45)53)36-25-29-52-46(33-36)44-17-7-11-21-50(44)55(52)40-27-23-34-22-26-39(30-37(34)31-40)54-47-18-8-4-14-41(47)42-15-5-9-19-48(42)54/h1-33H. The van der Waals surface area contributed by atoms with Crippen molar-refractivity contribution in [2.45, 2.75) is 0 Å². The molecule has 0 N–H and O–H groups in total. The van der Waals surface area contributed by atoms with Crippen LogP contribution in [0.1, 0.15) is 0 Å². The first kappa shape index (κ1) is 30.1. The van der Waals surface area contributed by atoms with Crippen molar-refractivity contribution < 1.29 is 0 Å². The Morgan fingerprint density at radius 2 is 0.582 bits per heavy atom. The summed E-state index contributed by atoms with van der Waals surface area (Å²) < 4.78 is 7.20. The lowest BCUT2D eigenvalue weighted by Gasteiger charge is -2.12. The maximum absolute atomic E-state index is 2.43. The van der Waals surface area contributed by atoms with E-state index in [1.165, 1.54) is 93.0 Å². The van der Waals surface area contributed by atoms with Crippen molar-refractivity contribution >= 4 is 76.2 Å². The lowest BCUT2D eigenvalue weighted by atomic mass is 10.0. The van der Waals surface area contributed by atoms with E-state index in [4.69, 9.17) is 0 Å². The smallest absolute Gasteiger partial charge is 0.0541 e. The van der Waals surface area contributed by atoms with Crippen LogP contribution in [0.25, 0.3) is 104 Å². The van der Waals surface area contributed by atoms with Crippen molar-refractivity contribution in [1.29, 1.82) is 0 Å². The first-order chi connectivity index (χ1) is 27.3. The molecular weight excluding hydrogens is 667 g/mol. The molecule has 0 aliphatic carbocycles. The maximum atomic E-state index is 2.43. The monoisotopic (exact) mass is 699 g/mol. The molecule has 0 amide bonds. The second kappa shape index (κ2) is 11.6. The van der Waals surface area contributed by atoms with Gasteiger partial charge in [-0.15, -0.1) is 0 Å². The summed E-state index contributed by atoms with van der Waals surface area (Å²) >= 11 is 0. The van der Waals surface area contributed by atoms with Crippen molar-refractivity contribution in [3.05, 3.63) is 200 Å². The van der Waals surface area contributed by atoms with E-state index in [0.29, 0.717) is 0 Å². The molecule has 0 fully saturated rings. The summed E-state index contributed by atoms with van der Waals surface area (Å²) in [7, 11) is 0. The van der Waals surface area contributed by atoms with Gasteiger partial charge < -0.3 is 13.7 Å². The second-order valence-electron chi connectivity index (χ2n) is 14.6. The Kier molecular flexibility index (Phi) is 6.34. The van der Waals surface area contributed by atoms with Crippen LogP contribution in [0, 0.1) is 0 Å². The highest BCUT2D eigenvalue weighted by Crippen LogP contribution is 2.39. The second-order valence-corrected chi connectivity index (χ2v) is 14.6. The topological polar surface area (TPSA) is 14.8 Å². The van der Waals surface area contributed by atoms with Gasteiger partial charge in [0.25, 0.3) is 0 Å². The number of nitrogens with zero attached hydrogens (tertiary/aromatic N) is 3. The van der Waals surface area contributed by atoms with Crippen molar-refractivity contribution in [3.63, 3.8) is 0 Å². The van der Waals surface area contributed by atoms with E-state index >= 15 is 0 Å². The summed E-state index contributed by atoms with van der Waals surface area (Å²) in [5.41, 5.74) is 13.2. The highest BCUT2D eigenvalue weighted by molar-refractivity contribution is 6.13. The van der Waals surface area contributed by atoms with Crippen LogP contribution in [0.4, 0.5) is 0 Å². The molecule has 12 rings (SSSR count). The molecule has 55 heavy (non-hydrogen) atoms. The summed E-state index contributed by atoms with van der Waals surface area (Å²) in [4.78, 5) is 0. The lowest BCUT2D eigenvalue weighted by Crippen LogP contribution is -1.96. The molecule has 0 aliphatic rings. The third-order valence-corrected chi connectivity index (χ3v) is 11.6.